The Balaban J connectivity index is 1.68. The Bertz CT molecular complexity index is 702. The van der Waals surface area contributed by atoms with E-state index >= 15 is 0 Å². The zero-order chi connectivity index (χ0) is 14.2. The summed E-state index contributed by atoms with van der Waals surface area (Å²) in [4.78, 5) is 0. The maximum atomic E-state index is 6.04. The predicted octanol–water partition coefficient (Wildman–Crippen LogP) is 5.66. The minimum Gasteiger partial charge on any atom is -0.461 e. The van der Waals surface area contributed by atoms with Gasteiger partial charge in [-0.25, -0.2) is 0 Å². The van der Waals surface area contributed by atoms with Gasteiger partial charge < -0.3 is 4.42 Å². The van der Waals surface area contributed by atoms with E-state index in [0.29, 0.717) is 0 Å². The van der Waals surface area contributed by atoms with Gasteiger partial charge in [-0.15, -0.1) is 0 Å². The van der Waals surface area contributed by atoms with Crippen LogP contribution in [-0.4, -0.2) is 0 Å². The highest BCUT2D eigenvalue weighted by Gasteiger charge is 2.19. The van der Waals surface area contributed by atoms with E-state index in [0.717, 1.165) is 12.2 Å². The van der Waals surface area contributed by atoms with E-state index < -0.39 is 0 Å². The molecule has 110 valence electrons. The van der Waals surface area contributed by atoms with Crippen molar-refractivity contribution in [1.82, 2.24) is 0 Å². The van der Waals surface area contributed by atoms with E-state index in [9.17, 15) is 0 Å². The number of benzene rings is 1. The van der Waals surface area contributed by atoms with Gasteiger partial charge in [0.05, 0.1) is 0 Å². The van der Waals surface area contributed by atoms with E-state index in [4.69, 9.17) is 4.42 Å². The summed E-state index contributed by atoms with van der Waals surface area (Å²) < 4.78 is 6.04. The van der Waals surface area contributed by atoms with Crippen molar-refractivity contribution in [3.05, 3.63) is 46.2 Å². The molecule has 0 saturated heterocycles. The Morgan fingerprint density at radius 1 is 1.00 bits per heavy atom. The average molecular weight is 280 g/mol. The molecule has 0 amide bonds. The van der Waals surface area contributed by atoms with Crippen LogP contribution in [0.4, 0.5) is 0 Å². The highest BCUT2D eigenvalue weighted by atomic mass is 16.3. The highest BCUT2D eigenvalue weighted by molar-refractivity contribution is 5.86. The van der Waals surface area contributed by atoms with Crippen LogP contribution < -0.4 is 0 Å². The molecule has 1 aromatic heterocycles. The maximum Gasteiger partial charge on any atom is 0.137 e. The second-order valence-corrected chi connectivity index (χ2v) is 6.73. The summed E-state index contributed by atoms with van der Waals surface area (Å²) in [7, 11) is 0. The van der Waals surface area contributed by atoms with Gasteiger partial charge in [-0.1, -0.05) is 17.7 Å². The summed E-state index contributed by atoms with van der Waals surface area (Å²) in [6.07, 6.45) is 14.0. The molecule has 0 bridgehead atoms. The molecule has 1 heterocycles. The number of furan rings is 1. The SMILES string of the molecule is Cc1cc2c3c(cc(CCC4=CCCCC4)c2o1)CCC3. The quantitative estimate of drug-likeness (QED) is 0.661. The van der Waals surface area contributed by atoms with Gasteiger partial charge in [0.2, 0.25) is 0 Å². The zero-order valence-electron chi connectivity index (χ0n) is 13.0. The molecule has 0 fully saturated rings. The summed E-state index contributed by atoms with van der Waals surface area (Å²) in [5.74, 6) is 1.06. The maximum absolute atomic E-state index is 6.04. The summed E-state index contributed by atoms with van der Waals surface area (Å²) in [5.41, 5.74) is 7.41. The van der Waals surface area contributed by atoms with Crippen LogP contribution in [0.1, 0.15) is 61.0 Å². The Hall–Kier alpha value is -1.50. The minimum atomic E-state index is 1.06. The first-order chi connectivity index (χ1) is 10.3. The molecule has 1 nitrogen and oxygen atoms in total. The first-order valence-electron chi connectivity index (χ1n) is 8.53. The largest absolute Gasteiger partial charge is 0.461 e. The molecule has 0 atom stereocenters. The smallest absolute Gasteiger partial charge is 0.137 e. The van der Waals surface area contributed by atoms with Crippen molar-refractivity contribution >= 4 is 11.0 Å². The fourth-order valence-corrected chi connectivity index (χ4v) is 4.10. The molecule has 2 aliphatic carbocycles. The van der Waals surface area contributed by atoms with Gasteiger partial charge in [-0.3, -0.25) is 0 Å². The Morgan fingerprint density at radius 3 is 2.81 bits per heavy atom. The fraction of sp³-hybridized carbons (Fsp3) is 0.500. The molecule has 4 rings (SSSR count). The number of fused-ring (bicyclic) bond motifs is 3. The average Bonchev–Trinajstić information content (AvgIpc) is 3.11. The van der Waals surface area contributed by atoms with Gasteiger partial charge >= 0.3 is 0 Å². The highest BCUT2D eigenvalue weighted by Crippen LogP contribution is 2.35. The van der Waals surface area contributed by atoms with Crippen LogP contribution in [0.25, 0.3) is 11.0 Å². The summed E-state index contributed by atoms with van der Waals surface area (Å²) in [5, 5.41) is 1.40. The van der Waals surface area contributed by atoms with Crippen molar-refractivity contribution in [2.75, 3.05) is 0 Å². The van der Waals surface area contributed by atoms with Gasteiger partial charge in [-0.2, -0.15) is 0 Å². The lowest BCUT2D eigenvalue weighted by Gasteiger charge is -2.13. The van der Waals surface area contributed by atoms with Crippen molar-refractivity contribution in [3.63, 3.8) is 0 Å². The third-order valence-corrected chi connectivity index (χ3v) is 5.18. The molecular formula is C20H24O. The summed E-state index contributed by atoms with van der Waals surface area (Å²) in [6, 6.07) is 4.69. The monoisotopic (exact) mass is 280 g/mol. The summed E-state index contributed by atoms with van der Waals surface area (Å²) >= 11 is 0. The van der Waals surface area contributed by atoms with E-state index in [1.807, 2.05) is 0 Å². The lowest BCUT2D eigenvalue weighted by atomic mass is 9.92. The Labute approximate surface area is 127 Å². The molecule has 0 aliphatic heterocycles. The van der Waals surface area contributed by atoms with Gasteiger partial charge in [0.25, 0.3) is 0 Å². The normalized spacial score (nSPS) is 18.0. The second kappa shape index (κ2) is 5.36. The van der Waals surface area contributed by atoms with Crippen molar-refractivity contribution in [3.8, 4) is 0 Å². The number of hydrogen-bond acceptors (Lipinski definition) is 1. The Kier molecular flexibility index (Phi) is 3.37. The first kappa shape index (κ1) is 13.2. The topological polar surface area (TPSA) is 13.1 Å². The van der Waals surface area contributed by atoms with Crippen molar-refractivity contribution in [1.29, 1.82) is 0 Å². The molecule has 1 aromatic carbocycles. The molecule has 0 N–H and O–H groups in total. The van der Waals surface area contributed by atoms with Crippen LogP contribution >= 0.6 is 0 Å². The van der Waals surface area contributed by atoms with Gasteiger partial charge in [0, 0.05) is 5.39 Å². The van der Waals surface area contributed by atoms with Crippen LogP contribution in [0.3, 0.4) is 0 Å². The van der Waals surface area contributed by atoms with Crippen molar-refractivity contribution in [2.45, 2.75) is 64.7 Å². The standard InChI is InChI=1S/C20H24O/c1-14-12-19-18-9-5-8-16(18)13-17(20(19)21-14)11-10-15-6-3-2-4-7-15/h6,12-13H,2-5,7-11H2,1H3. The molecule has 21 heavy (non-hydrogen) atoms. The zero-order valence-corrected chi connectivity index (χ0v) is 13.0. The molecule has 2 aromatic rings. The van der Waals surface area contributed by atoms with Crippen LogP contribution in [0.5, 0.6) is 0 Å². The van der Waals surface area contributed by atoms with Crippen molar-refractivity contribution < 1.29 is 4.42 Å². The van der Waals surface area contributed by atoms with Gasteiger partial charge in [-0.05, 0) is 87.5 Å². The van der Waals surface area contributed by atoms with Crippen LogP contribution in [-0.2, 0) is 19.3 Å². The minimum absolute atomic E-state index is 1.06. The third-order valence-electron chi connectivity index (χ3n) is 5.18. The molecule has 0 unspecified atom stereocenters. The second-order valence-electron chi connectivity index (χ2n) is 6.73. The van der Waals surface area contributed by atoms with Gasteiger partial charge in [0.1, 0.15) is 11.3 Å². The molecule has 1 heteroatoms. The van der Waals surface area contributed by atoms with Gasteiger partial charge in [0.15, 0.2) is 0 Å². The van der Waals surface area contributed by atoms with Crippen LogP contribution in [0.2, 0.25) is 0 Å². The molecule has 0 saturated carbocycles. The van der Waals surface area contributed by atoms with E-state index in [2.05, 4.69) is 25.1 Å². The lowest BCUT2D eigenvalue weighted by molar-refractivity contribution is 0.573. The van der Waals surface area contributed by atoms with Crippen molar-refractivity contribution in [2.24, 2.45) is 0 Å². The number of rotatable bonds is 3. The third kappa shape index (κ3) is 2.43. The first-order valence-corrected chi connectivity index (χ1v) is 8.53. The summed E-state index contributed by atoms with van der Waals surface area (Å²) in [6.45, 7) is 2.08. The molecule has 0 radical (unpaired) electrons. The van der Waals surface area contributed by atoms with E-state index in [1.165, 1.54) is 67.9 Å². The number of aryl methyl sites for hydroxylation is 4. The lowest BCUT2D eigenvalue weighted by Crippen LogP contribution is -1.96. The molecular weight excluding hydrogens is 256 g/mol. The predicted molar refractivity (Wildman–Crippen MR) is 87.8 cm³/mol. The van der Waals surface area contributed by atoms with E-state index in [-0.39, 0.29) is 0 Å². The fourth-order valence-electron chi connectivity index (χ4n) is 4.10. The van der Waals surface area contributed by atoms with E-state index in [1.54, 1.807) is 16.7 Å². The van der Waals surface area contributed by atoms with Crippen LogP contribution in [0.15, 0.2) is 28.2 Å². The number of hydrogen-bond donors (Lipinski definition) is 0. The molecule has 2 aliphatic rings. The number of allylic oxidation sites excluding steroid dienone is 2. The van der Waals surface area contributed by atoms with Crippen LogP contribution in [0, 0.1) is 6.92 Å². The Morgan fingerprint density at radius 2 is 1.95 bits per heavy atom. The molecule has 0 spiro atoms.